The molecular formula is C10H11ClN4O2. The van der Waals surface area contributed by atoms with Crippen molar-refractivity contribution in [2.45, 2.75) is 6.92 Å². The van der Waals surface area contributed by atoms with E-state index in [4.69, 9.17) is 5.73 Å². The van der Waals surface area contributed by atoms with Gasteiger partial charge in [0.05, 0.1) is 10.6 Å². The Hall–Kier alpha value is -2.08. The minimum absolute atomic E-state index is 0. The van der Waals surface area contributed by atoms with Crippen LogP contribution in [0.2, 0.25) is 0 Å². The molecule has 0 bridgehead atoms. The maximum Gasteiger partial charge on any atom is 0.269 e. The number of anilines is 1. The van der Waals surface area contributed by atoms with Gasteiger partial charge < -0.3 is 5.73 Å². The fraction of sp³-hybridized carbons (Fsp3) is 0.100. The monoisotopic (exact) mass is 254 g/mol. The Morgan fingerprint density at radius 3 is 2.59 bits per heavy atom. The number of halogens is 1. The van der Waals surface area contributed by atoms with E-state index in [2.05, 4.69) is 10.2 Å². The lowest BCUT2D eigenvalue weighted by atomic mass is 10.1. The van der Waals surface area contributed by atoms with Crippen molar-refractivity contribution in [1.82, 2.24) is 10.2 Å². The second-order valence-corrected chi connectivity index (χ2v) is 3.46. The van der Waals surface area contributed by atoms with Crippen LogP contribution in [-0.4, -0.2) is 15.1 Å². The zero-order valence-corrected chi connectivity index (χ0v) is 9.82. The van der Waals surface area contributed by atoms with Crippen LogP contribution >= 0.6 is 12.4 Å². The Labute approximate surface area is 103 Å². The lowest BCUT2D eigenvalue weighted by Crippen LogP contribution is -1.90. The van der Waals surface area contributed by atoms with Crippen LogP contribution in [0.3, 0.4) is 0 Å². The number of nitro groups is 1. The predicted molar refractivity (Wildman–Crippen MR) is 67.1 cm³/mol. The number of rotatable bonds is 2. The van der Waals surface area contributed by atoms with Crippen molar-refractivity contribution in [2.24, 2.45) is 0 Å². The van der Waals surface area contributed by atoms with Crippen LogP contribution in [0.15, 0.2) is 24.3 Å². The standard InChI is InChI=1S/C10H10N4O2.ClH/c1-6-4-7(14(15)16)2-3-8(6)9-5-10(11)13-12-9;/h2-5H,1H3,(H3,11,12,13);1H. The summed E-state index contributed by atoms with van der Waals surface area (Å²) in [5, 5.41) is 17.1. The average Bonchev–Trinajstić information content (AvgIpc) is 2.64. The van der Waals surface area contributed by atoms with Gasteiger partial charge in [0.1, 0.15) is 5.82 Å². The van der Waals surface area contributed by atoms with E-state index in [-0.39, 0.29) is 18.1 Å². The molecule has 0 saturated heterocycles. The Balaban J connectivity index is 0.00000144. The summed E-state index contributed by atoms with van der Waals surface area (Å²) in [6.45, 7) is 1.80. The zero-order chi connectivity index (χ0) is 11.7. The molecule has 0 unspecified atom stereocenters. The molecule has 0 amide bonds. The summed E-state index contributed by atoms with van der Waals surface area (Å²) in [6, 6.07) is 6.35. The molecular weight excluding hydrogens is 244 g/mol. The van der Waals surface area contributed by atoms with Crippen molar-refractivity contribution < 1.29 is 4.92 Å². The lowest BCUT2D eigenvalue weighted by Gasteiger charge is -2.02. The number of benzene rings is 1. The molecule has 2 aromatic rings. The van der Waals surface area contributed by atoms with Crippen molar-refractivity contribution in [2.75, 3.05) is 5.73 Å². The van der Waals surface area contributed by atoms with E-state index in [0.29, 0.717) is 5.82 Å². The minimum atomic E-state index is -0.419. The number of aryl methyl sites for hydroxylation is 1. The first-order valence-electron chi connectivity index (χ1n) is 4.64. The van der Waals surface area contributed by atoms with Crippen LogP contribution in [0.25, 0.3) is 11.3 Å². The first-order valence-corrected chi connectivity index (χ1v) is 4.64. The molecule has 90 valence electrons. The first kappa shape index (κ1) is 13.0. The summed E-state index contributed by atoms with van der Waals surface area (Å²) in [7, 11) is 0. The van der Waals surface area contributed by atoms with Crippen molar-refractivity contribution in [3.05, 3.63) is 39.9 Å². The van der Waals surface area contributed by atoms with E-state index in [1.54, 1.807) is 19.1 Å². The van der Waals surface area contributed by atoms with E-state index in [0.717, 1.165) is 16.8 Å². The Bertz CT molecular complexity index is 553. The first-order chi connectivity index (χ1) is 7.58. The van der Waals surface area contributed by atoms with Crippen LogP contribution < -0.4 is 5.73 Å². The van der Waals surface area contributed by atoms with E-state index in [1.807, 2.05) is 0 Å². The molecule has 1 aromatic heterocycles. The van der Waals surface area contributed by atoms with Gasteiger partial charge in [0.15, 0.2) is 0 Å². The van der Waals surface area contributed by atoms with E-state index in [9.17, 15) is 10.1 Å². The third-order valence-corrected chi connectivity index (χ3v) is 2.31. The van der Waals surface area contributed by atoms with Gasteiger partial charge in [-0.05, 0) is 18.6 Å². The van der Waals surface area contributed by atoms with E-state index >= 15 is 0 Å². The number of nitro benzene ring substituents is 1. The molecule has 6 nitrogen and oxygen atoms in total. The smallest absolute Gasteiger partial charge is 0.269 e. The Morgan fingerprint density at radius 2 is 2.12 bits per heavy atom. The number of aromatic nitrogens is 2. The molecule has 0 spiro atoms. The third-order valence-electron chi connectivity index (χ3n) is 2.31. The molecule has 0 aliphatic heterocycles. The summed E-state index contributed by atoms with van der Waals surface area (Å²) < 4.78 is 0. The molecule has 2 rings (SSSR count). The highest BCUT2D eigenvalue weighted by molar-refractivity contribution is 5.85. The summed E-state index contributed by atoms with van der Waals surface area (Å²) in [5.41, 5.74) is 7.99. The second-order valence-electron chi connectivity index (χ2n) is 3.46. The van der Waals surface area contributed by atoms with Crippen molar-refractivity contribution in [3.63, 3.8) is 0 Å². The highest BCUT2D eigenvalue weighted by Crippen LogP contribution is 2.26. The number of hydrogen-bond donors (Lipinski definition) is 2. The fourth-order valence-electron chi connectivity index (χ4n) is 1.54. The largest absolute Gasteiger partial charge is 0.382 e. The molecule has 1 aromatic carbocycles. The number of aromatic amines is 1. The molecule has 17 heavy (non-hydrogen) atoms. The summed E-state index contributed by atoms with van der Waals surface area (Å²) in [5.74, 6) is 0.396. The van der Waals surface area contributed by atoms with Crippen molar-refractivity contribution in [3.8, 4) is 11.3 Å². The van der Waals surface area contributed by atoms with Gasteiger partial charge in [0.25, 0.3) is 5.69 Å². The van der Waals surface area contributed by atoms with Gasteiger partial charge >= 0.3 is 0 Å². The molecule has 0 atom stereocenters. The molecule has 3 N–H and O–H groups in total. The number of H-pyrrole nitrogens is 1. The maximum absolute atomic E-state index is 10.6. The predicted octanol–water partition coefficient (Wildman–Crippen LogP) is 2.30. The second kappa shape index (κ2) is 4.84. The van der Waals surface area contributed by atoms with Gasteiger partial charge in [0.2, 0.25) is 0 Å². The highest BCUT2D eigenvalue weighted by atomic mass is 35.5. The summed E-state index contributed by atoms with van der Waals surface area (Å²) in [6.07, 6.45) is 0. The van der Waals surface area contributed by atoms with Crippen LogP contribution in [-0.2, 0) is 0 Å². The number of non-ortho nitro benzene ring substituents is 1. The van der Waals surface area contributed by atoms with Gasteiger partial charge in [-0.1, -0.05) is 0 Å². The third kappa shape index (κ3) is 2.54. The maximum atomic E-state index is 10.6. The molecule has 7 heteroatoms. The lowest BCUT2D eigenvalue weighted by molar-refractivity contribution is -0.384. The van der Waals surface area contributed by atoms with Crippen LogP contribution in [0.1, 0.15) is 5.56 Å². The Kier molecular flexibility index (Phi) is 3.69. The summed E-state index contributed by atoms with van der Waals surface area (Å²) >= 11 is 0. The molecule has 0 saturated carbocycles. The number of hydrogen-bond acceptors (Lipinski definition) is 4. The number of nitrogen functional groups attached to an aromatic ring is 1. The normalized spacial score (nSPS) is 9.71. The van der Waals surface area contributed by atoms with Crippen LogP contribution in [0.5, 0.6) is 0 Å². The van der Waals surface area contributed by atoms with Crippen LogP contribution in [0, 0.1) is 17.0 Å². The minimum Gasteiger partial charge on any atom is -0.382 e. The van der Waals surface area contributed by atoms with Crippen LogP contribution in [0.4, 0.5) is 11.5 Å². The van der Waals surface area contributed by atoms with E-state index < -0.39 is 4.92 Å². The average molecular weight is 255 g/mol. The van der Waals surface area contributed by atoms with Crippen molar-refractivity contribution in [1.29, 1.82) is 0 Å². The number of nitrogens with zero attached hydrogens (tertiary/aromatic N) is 2. The Morgan fingerprint density at radius 1 is 1.41 bits per heavy atom. The van der Waals surface area contributed by atoms with Crippen molar-refractivity contribution >= 4 is 23.9 Å². The van der Waals surface area contributed by atoms with E-state index in [1.165, 1.54) is 12.1 Å². The fourth-order valence-corrected chi connectivity index (χ4v) is 1.54. The van der Waals surface area contributed by atoms with Gasteiger partial charge in [-0.2, -0.15) is 5.10 Å². The van der Waals surface area contributed by atoms with Gasteiger partial charge in [-0.25, -0.2) is 0 Å². The van der Waals surface area contributed by atoms with Gasteiger partial charge in [0, 0.05) is 23.8 Å². The van der Waals surface area contributed by atoms with Gasteiger partial charge in [-0.3, -0.25) is 15.2 Å². The molecule has 0 aliphatic rings. The highest BCUT2D eigenvalue weighted by Gasteiger charge is 2.10. The zero-order valence-electron chi connectivity index (χ0n) is 9.01. The number of nitrogens with two attached hydrogens (primary N) is 1. The quantitative estimate of drug-likeness (QED) is 0.635. The molecule has 0 aliphatic carbocycles. The topological polar surface area (TPSA) is 97.8 Å². The summed E-state index contributed by atoms with van der Waals surface area (Å²) in [4.78, 5) is 10.2. The molecule has 0 fully saturated rings. The van der Waals surface area contributed by atoms with Gasteiger partial charge in [-0.15, -0.1) is 12.4 Å². The SMILES string of the molecule is Cc1cc([N+](=O)[O-])ccc1-c1cc(N)n[nH]1.Cl. The number of nitrogens with one attached hydrogen (secondary N) is 1. The molecule has 1 heterocycles. The molecule has 0 radical (unpaired) electrons.